The van der Waals surface area contributed by atoms with E-state index in [0.717, 1.165) is 11.3 Å². The van der Waals surface area contributed by atoms with E-state index in [4.69, 9.17) is 9.47 Å². The molecule has 1 rings (SSSR count). The molecule has 0 saturated heterocycles. The lowest BCUT2D eigenvalue weighted by Gasteiger charge is -2.12. The van der Waals surface area contributed by atoms with E-state index >= 15 is 0 Å². The van der Waals surface area contributed by atoms with E-state index in [9.17, 15) is 4.79 Å². The van der Waals surface area contributed by atoms with Crippen LogP contribution >= 0.6 is 0 Å². The Balaban J connectivity index is 2.89. The number of hydrogen-bond acceptors (Lipinski definition) is 5. The maximum Gasteiger partial charge on any atom is 0.271 e. The van der Waals surface area contributed by atoms with Crippen LogP contribution in [0.5, 0.6) is 0 Å². The molecular weight excluding hydrogens is 258 g/mol. The number of methoxy groups -OCH3 is 2. The van der Waals surface area contributed by atoms with Crippen LogP contribution in [-0.4, -0.2) is 43.8 Å². The summed E-state index contributed by atoms with van der Waals surface area (Å²) in [6.45, 7) is 6.95. The third-order valence-electron chi connectivity index (χ3n) is 2.96. The van der Waals surface area contributed by atoms with Gasteiger partial charge in [-0.05, 0) is 12.0 Å². The summed E-state index contributed by atoms with van der Waals surface area (Å²) in [5.74, 6) is 0.280. The molecule has 20 heavy (non-hydrogen) atoms. The topological polar surface area (TPSA) is 65.4 Å². The van der Waals surface area contributed by atoms with Crippen LogP contribution in [0.1, 0.15) is 31.0 Å². The fourth-order valence-electron chi connectivity index (χ4n) is 1.76. The van der Waals surface area contributed by atoms with Gasteiger partial charge in [0, 0.05) is 32.9 Å². The average molecular weight is 283 g/mol. The summed E-state index contributed by atoms with van der Waals surface area (Å²) in [4.78, 5) is 12.3. The fraction of sp³-hybridized carbons (Fsp3) is 0.714. The van der Waals surface area contributed by atoms with Crippen LogP contribution in [-0.2, 0) is 22.6 Å². The first-order valence-corrected chi connectivity index (χ1v) is 6.89. The van der Waals surface area contributed by atoms with Crippen LogP contribution in [0.2, 0.25) is 0 Å². The van der Waals surface area contributed by atoms with Crippen molar-refractivity contribution in [2.24, 2.45) is 0 Å². The van der Waals surface area contributed by atoms with E-state index in [1.165, 1.54) is 4.68 Å². The zero-order valence-corrected chi connectivity index (χ0v) is 12.8. The molecule has 114 valence electrons. The van der Waals surface area contributed by atoms with E-state index in [0.29, 0.717) is 32.8 Å². The van der Waals surface area contributed by atoms with Gasteiger partial charge in [0.25, 0.3) is 5.56 Å². The Morgan fingerprint density at radius 2 is 2.00 bits per heavy atom. The molecule has 6 heteroatoms. The Hall–Kier alpha value is -1.24. The highest BCUT2D eigenvalue weighted by Crippen LogP contribution is 2.10. The van der Waals surface area contributed by atoms with Gasteiger partial charge in [-0.1, -0.05) is 13.8 Å². The molecule has 0 saturated carbocycles. The third-order valence-corrected chi connectivity index (χ3v) is 2.96. The summed E-state index contributed by atoms with van der Waals surface area (Å²) in [5, 5.41) is 7.58. The van der Waals surface area contributed by atoms with Crippen LogP contribution in [0.4, 0.5) is 0 Å². The number of hydrogen-bond donors (Lipinski definition) is 1. The summed E-state index contributed by atoms with van der Waals surface area (Å²) >= 11 is 0. The quantitative estimate of drug-likeness (QED) is 0.678. The van der Waals surface area contributed by atoms with Crippen molar-refractivity contribution in [3.8, 4) is 0 Å². The summed E-state index contributed by atoms with van der Waals surface area (Å²) in [6, 6.07) is 1.89. The van der Waals surface area contributed by atoms with Gasteiger partial charge in [-0.2, -0.15) is 5.10 Å². The monoisotopic (exact) mass is 283 g/mol. The molecule has 6 nitrogen and oxygen atoms in total. The van der Waals surface area contributed by atoms with Crippen molar-refractivity contribution in [2.45, 2.75) is 32.9 Å². The minimum atomic E-state index is -0.0589. The van der Waals surface area contributed by atoms with Crippen LogP contribution in [0.3, 0.4) is 0 Å². The highest BCUT2D eigenvalue weighted by molar-refractivity contribution is 5.16. The molecule has 0 atom stereocenters. The lowest BCUT2D eigenvalue weighted by molar-refractivity contribution is 0.181. The predicted molar refractivity (Wildman–Crippen MR) is 78.0 cm³/mol. The number of ether oxygens (including phenoxy) is 2. The number of aromatic nitrogens is 2. The number of rotatable bonds is 9. The van der Waals surface area contributed by atoms with Crippen molar-refractivity contribution in [3.05, 3.63) is 27.7 Å². The molecule has 1 N–H and O–H groups in total. The van der Waals surface area contributed by atoms with E-state index in [1.807, 2.05) is 6.07 Å². The van der Waals surface area contributed by atoms with Crippen LogP contribution in [0, 0.1) is 0 Å². The highest BCUT2D eigenvalue weighted by atomic mass is 16.5. The molecule has 0 aliphatic carbocycles. The van der Waals surface area contributed by atoms with Crippen molar-refractivity contribution in [1.29, 1.82) is 0 Å². The molecule has 1 heterocycles. The van der Waals surface area contributed by atoms with Gasteiger partial charge >= 0.3 is 0 Å². The zero-order valence-electron chi connectivity index (χ0n) is 12.8. The van der Waals surface area contributed by atoms with Crippen LogP contribution in [0.25, 0.3) is 0 Å². The van der Waals surface area contributed by atoms with E-state index < -0.39 is 0 Å². The number of nitrogens with one attached hydrogen (secondary N) is 1. The second-order valence-corrected chi connectivity index (χ2v) is 4.94. The summed E-state index contributed by atoms with van der Waals surface area (Å²) in [7, 11) is 3.27. The largest absolute Gasteiger partial charge is 0.383 e. The summed E-state index contributed by atoms with van der Waals surface area (Å²) in [5.41, 5.74) is 1.59. The van der Waals surface area contributed by atoms with Gasteiger partial charge in [0.05, 0.1) is 25.5 Å². The lowest BCUT2D eigenvalue weighted by Crippen LogP contribution is -2.32. The predicted octanol–water partition coefficient (Wildman–Crippen LogP) is 0.749. The molecule has 1 aromatic heterocycles. The molecule has 0 amide bonds. The molecule has 0 aromatic carbocycles. The lowest BCUT2D eigenvalue weighted by atomic mass is 10.1. The molecule has 0 fully saturated rings. The van der Waals surface area contributed by atoms with Gasteiger partial charge in [0.1, 0.15) is 0 Å². The first-order valence-electron chi connectivity index (χ1n) is 6.89. The first kappa shape index (κ1) is 16.8. The van der Waals surface area contributed by atoms with Gasteiger partial charge in [0.15, 0.2) is 0 Å². The molecule has 0 bridgehead atoms. The van der Waals surface area contributed by atoms with Gasteiger partial charge in [-0.15, -0.1) is 0 Å². The standard InChI is InChI=1S/C14H25N3O3/c1-11(2)13-9-12(10-15-5-7-19-3)14(18)17(16-13)6-8-20-4/h9,11,15H,5-8,10H2,1-4H3. The normalized spacial score (nSPS) is 11.2. The van der Waals surface area contributed by atoms with Gasteiger partial charge < -0.3 is 14.8 Å². The molecule has 0 unspecified atom stereocenters. The highest BCUT2D eigenvalue weighted by Gasteiger charge is 2.10. The van der Waals surface area contributed by atoms with Crippen molar-refractivity contribution < 1.29 is 9.47 Å². The van der Waals surface area contributed by atoms with Crippen LogP contribution < -0.4 is 10.9 Å². The fourth-order valence-corrected chi connectivity index (χ4v) is 1.76. The smallest absolute Gasteiger partial charge is 0.271 e. The Kier molecular flexibility index (Phi) is 7.43. The second kappa shape index (κ2) is 8.84. The SMILES string of the molecule is COCCNCc1cc(C(C)C)nn(CCOC)c1=O. The molecule has 0 spiro atoms. The molecule has 1 aromatic rings. The Morgan fingerprint density at radius 1 is 1.30 bits per heavy atom. The average Bonchev–Trinajstić information content (AvgIpc) is 2.43. The first-order chi connectivity index (χ1) is 9.60. The minimum absolute atomic E-state index is 0.0589. The molecule has 0 radical (unpaired) electrons. The van der Waals surface area contributed by atoms with E-state index in [2.05, 4.69) is 24.3 Å². The van der Waals surface area contributed by atoms with Gasteiger partial charge in [0.2, 0.25) is 0 Å². The van der Waals surface area contributed by atoms with Crippen molar-refractivity contribution in [1.82, 2.24) is 15.1 Å². The zero-order chi connectivity index (χ0) is 15.0. The second-order valence-electron chi connectivity index (χ2n) is 4.94. The molecule has 0 aliphatic rings. The molecule has 0 aliphatic heterocycles. The van der Waals surface area contributed by atoms with Crippen molar-refractivity contribution in [3.63, 3.8) is 0 Å². The summed E-state index contributed by atoms with van der Waals surface area (Å²) in [6.07, 6.45) is 0. The Labute approximate surface area is 120 Å². The van der Waals surface area contributed by atoms with E-state index in [1.54, 1.807) is 14.2 Å². The molecular formula is C14H25N3O3. The Morgan fingerprint density at radius 3 is 2.60 bits per heavy atom. The van der Waals surface area contributed by atoms with E-state index in [-0.39, 0.29) is 11.5 Å². The van der Waals surface area contributed by atoms with Crippen molar-refractivity contribution in [2.75, 3.05) is 34.0 Å². The summed E-state index contributed by atoms with van der Waals surface area (Å²) < 4.78 is 11.5. The van der Waals surface area contributed by atoms with Gasteiger partial charge in [-0.3, -0.25) is 4.79 Å². The minimum Gasteiger partial charge on any atom is -0.383 e. The Bertz CT molecular complexity index is 457. The van der Waals surface area contributed by atoms with Crippen molar-refractivity contribution >= 4 is 0 Å². The number of nitrogens with zero attached hydrogens (tertiary/aromatic N) is 2. The van der Waals surface area contributed by atoms with Crippen LogP contribution in [0.15, 0.2) is 10.9 Å². The van der Waals surface area contributed by atoms with Gasteiger partial charge in [-0.25, -0.2) is 4.68 Å². The maximum atomic E-state index is 12.3. The maximum absolute atomic E-state index is 12.3. The third kappa shape index (κ3) is 5.03.